The molecule has 0 saturated carbocycles. The van der Waals surface area contributed by atoms with Crippen molar-refractivity contribution in [3.05, 3.63) is 65.2 Å². The van der Waals surface area contributed by atoms with Crippen LogP contribution in [0.25, 0.3) is 0 Å². The third-order valence-electron chi connectivity index (χ3n) is 5.95. The summed E-state index contributed by atoms with van der Waals surface area (Å²) < 4.78 is 14.0. The third-order valence-corrected chi connectivity index (χ3v) is 5.95. The molecule has 5 atom stereocenters. The standard InChI is InChI=1S/C24H29FN2O5/c1-14-18(9-6-10-21(14)29)23(31)26-19(11-16-7-4-3-5-8-16)22(30)24(32)27-13-17(25)12-20(27)15(2)28/h3-10,17,19-20,22-23,26,29-31H,11-13H2,1-2H3/t17-,19-,20-,22-,23?/m0/s1. The van der Waals surface area contributed by atoms with Crippen LogP contribution in [0.4, 0.5) is 4.39 Å². The molecule has 1 aliphatic heterocycles. The Morgan fingerprint density at radius 3 is 2.50 bits per heavy atom. The minimum atomic E-state index is -1.63. The summed E-state index contributed by atoms with van der Waals surface area (Å²) in [6.45, 7) is 2.68. The summed E-state index contributed by atoms with van der Waals surface area (Å²) in [5, 5.41) is 34.6. The summed E-state index contributed by atoms with van der Waals surface area (Å²) in [5.74, 6) is -1.10. The van der Waals surface area contributed by atoms with Gasteiger partial charge in [0, 0.05) is 18.0 Å². The molecule has 1 amide bonds. The maximum Gasteiger partial charge on any atom is 0.253 e. The van der Waals surface area contributed by atoms with Gasteiger partial charge in [0.2, 0.25) is 0 Å². The van der Waals surface area contributed by atoms with Crippen molar-refractivity contribution in [1.29, 1.82) is 0 Å². The van der Waals surface area contributed by atoms with Crippen LogP contribution in [0.5, 0.6) is 5.75 Å². The van der Waals surface area contributed by atoms with Crippen molar-refractivity contribution in [2.45, 2.75) is 57.3 Å². The summed E-state index contributed by atoms with van der Waals surface area (Å²) in [6, 6.07) is 12.0. The second-order valence-corrected chi connectivity index (χ2v) is 8.25. The van der Waals surface area contributed by atoms with Crippen molar-refractivity contribution in [2.24, 2.45) is 0 Å². The number of aromatic hydroxyl groups is 1. The topological polar surface area (TPSA) is 110 Å². The van der Waals surface area contributed by atoms with E-state index in [1.807, 2.05) is 30.3 Å². The highest BCUT2D eigenvalue weighted by Crippen LogP contribution is 2.26. The first-order valence-electron chi connectivity index (χ1n) is 10.6. The number of amides is 1. The van der Waals surface area contributed by atoms with E-state index in [-0.39, 0.29) is 30.9 Å². The van der Waals surface area contributed by atoms with E-state index in [0.29, 0.717) is 11.1 Å². The molecule has 1 unspecified atom stereocenters. The average molecular weight is 445 g/mol. The molecule has 0 aliphatic carbocycles. The Bertz CT molecular complexity index is 955. The number of hydrogen-bond acceptors (Lipinski definition) is 6. The van der Waals surface area contributed by atoms with Crippen molar-refractivity contribution in [3.8, 4) is 5.75 Å². The molecule has 2 aromatic rings. The Balaban J connectivity index is 1.85. The molecule has 1 fully saturated rings. The summed E-state index contributed by atoms with van der Waals surface area (Å²) >= 11 is 0. The number of likely N-dealkylation sites (tertiary alicyclic amines) is 1. The van der Waals surface area contributed by atoms with E-state index in [4.69, 9.17) is 0 Å². The summed E-state index contributed by atoms with van der Waals surface area (Å²) in [7, 11) is 0. The van der Waals surface area contributed by atoms with Crippen molar-refractivity contribution in [1.82, 2.24) is 10.2 Å². The fourth-order valence-electron chi connectivity index (χ4n) is 4.12. The Morgan fingerprint density at radius 1 is 1.16 bits per heavy atom. The molecule has 1 aliphatic rings. The smallest absolute Gasteiger partial charge is 0.253 e. The van der Waals surface area contributed by atoms with E-state index in [0.717, 1.165) is 10.5 Å². The van der Waals surface area contributed by atoms with Crippen LogP contribution in [0.2, 0.25) is 0 Å². The predicted octanol–water partition coefficient (Wildman–Crippen LogP) is 1.78. The van der Waals surface area contributed by atoms with Crippen molar-refractivity contribution < 1.29 is 29.3 Å². The highest BCUT2D eigenvalue weighted by molar-refractivity contribution is 5.90. The van der Waals surface area contributed by atoms with Crippen molar-refractivity contribution in [2.75, 3.05) is 6.54 Å². The van der Waals surface area contributed by atoms with Gasteiger partial charge in [-0.1, -0.05) is 42.5 Å². The second kappa shape index (κ2) is 10.2. The normalized spacial score (nSPS) is 21.2. The van der Waals surface area contributed by atoms with Crippen LogP contribution in [0.15, 0.2) is 48.5 Å². The Kier molecular flexibility index (Phi) is 7.60. The van der Waals surface area contributed by atoms with Crippen molar-refractivity contribution >= 4 is 11.7 Å². The number of halogens is 1. The van der Waals surface area contributed by atoms with Crippen LogP contribution in [0.1, 0.15) is 36.3 Å². The predicted molar refractivity (Wildman–Crippen MR) is 117 cm³/mol. The van der Waals surface area contributed by atoms with Gasteiger partial charge < -0.3 is 20.2 Å². The maximum atomic E-state index is 14.0. The average Bonchev–Trinajstić information content (AvgIpc) is 3.17. The van der Waals surface area contributed by atoms with Gasteiger partial charge in [-0.3, -0.25) is 14.9 Å². The molecule has 1 heterocycles. The van der Waals surface area contributed by atoms with Gasteiger partial charge in [0.15, 0.2) is 5.78 Å². The van der Waals surface area contributed by atoms with Gasteiger partial charge in [0.1, 0.15) is 24.3 Å². The molecule has 3 rings (SSSR count). The molecular formula is C24H29FN2O5. The number of benzene rings is 2. The highest BCUT2D eigenvalue weighted by Gasteiger charge is 2.42. The fraction of sp³-hybridized carbons (Fsp3) is 0.417. The lowest BCUT2D eigenvalue weighted by molar-refractivity contribution is -0.146. The largest absolute Gasteiger partial charge is 0.508 e. The van der Waals surface area contributed by atoms with Gasteiger partial charge in [0.05, 0.1) is 12.6 Å². The van der Waals surface area contributed by atoms with E-state index >= 15 is 0 Å². The monoisotopic (exact) mass is 444 g/mol. The Hall–Kier alpha value is -2.81. The summed E-state index contributed by atoms with van der Waals surface area (Å²) in [6.07, 6.45) is -4.14. The van der Waals surface area contributed by atoms with Crippen LogP contribution >= 0.6 is 0 Å². The first-order valence-corrected chi connectivity index (χ1v) is 10.6. The van der Waals surface area contributed by atoms with Gasteiger partial charge in [-0.25, -0.2) is 4.39 Å². The number of aliphatic hydroxyl groups is 2. The first-order chi connectivity index (χ1) is 15.2. The van der Waals surface area contributed by atoms with E-state index in [9.17, 15) is 29.3 Å². The Labute approximate surface area is 186 Å². The zero-order chi connectivity index (χ0) is 23.4. The number of ketones is 1. The number of rotatable bonds is 8. The quantitative estimate of drug-likeness (QED) is 0.462. The zero-order valence-electron chi connectivity index (χ0n) is 18.1. The van der Waals surface area contributed by atoms with Crippen LogP contribution in [0.3, 0.4) is 0 Å². The lowest BCUT2D eigenvalue weighted by atomic mass is 9.98. The molecule has 0 aromatic heterocycles. The van der Waals surface area contributed by atoms with Gasteiger partial charge in [-0.2, -0.15) is 0 Å². The molecule has 172 valence electrons. The fourth-order valence-corrected chi connectivity index (χ4v) is 4.12. The second-order valence-electron chi connectivity index (χ2n) is 8.25. The lowest BCUT2D eigenvalue weighted by Crippen LogP contribution is -2.54. The molecule has 0 bridgehead atoms. The van der Waals surface area contributed by atoms with Gasteiger partial charge in [0.25, 0.3) is 5.91 Å². The molecule has 1 saturated heterocycles. The maximum absolute atomic E-state index is 14.0. The highest BCUT2D eigenvalue weighted by atomic mass is 19.1. The Morgan fingerprint density at radius 2 is 1.84 bits per heavy atom. The van der Waals surface area contributed by atoms with Gasteiger partial charge >= 0.3 is 0 Å². The number of alkyl halides is 1. The number of carbonyl (C=O) groups excluding carboxylic acids is 2. The molecular weight excluding hydrogens is 415 g/mol. The number of hydrogen-bond donors (Lipinski definition) is 4. The molecule has 32 heavy (non-hydrogen) atoms. The molecule has 2 aromatic carbocycles. The number of carbonyl (C=O) groups is 2. The van der Waals surface area contributed by atoms with Gasteiger partial charge in [-0.05, 0) is 37.5 Å². The van der Waals surface area contributed by atoms with Crippen molar-refractivity contribution in [3.63, 3.8) is 0 Å². The number of phenols is 1. The van der Waals surface area contributed by atoms with E-state index in [1.54, 1.807) is 19.1 Å². The molecule has 0 spiro atoms. The molecule has 8 heteroatoms. The number of nitrogens with one attached hydrogen (secondary N) is 1. The number of nitrogens with zero attached hydrogens (tertiary/aromatic N) is 1. The lowest BCUT2D eigenvalue weighted by Gasteiger charge is -2.31. The summed E-state index contributed by atoms with van der Waals surface area (Å²) in [4.78, 5) is 26.1. The molecule has 0 radical (unpaired) electrons. The minimum Gasteiger partial charge on any atom is -0.508 e. The number of Topliss-reactive ketones (excluding diaryl/α,β-unsaturated/α-hetero) is 1. The van der Waals surface area contributed by atoms with E-state index in [2.05, 4.69) is 5.32 Å². The number of phenolic OH excluding ortho intramolecular Hbond substituents is 1. The van der Waals surface area contributed by atoms with E-state index < -0.39 is 36.5 Å². The van der Waals surface area contributed by atoms with Crippen LogP contribution in [-0.4, -0.2) is 62.8 Å². The molecule has 7 nitrogen and oxygen atoms in total. The van der Waals surface area contributed by atoms with E-state index in [1.165, 1.54) is 13.0 Å². The SMILES string of the molecule is CC(=O)[C@@H]1C[C@H](F)CN1C(=O)[C@@H](O)[C@H](Cc1ccccc1)NC(O)c1cccc(O)c1C. The summed E-state index contributed by atoms with van der Waals surface area (Å²) in [5.41, 5.74) is 1.67. The zero-order valence-corrected chi connectivity index (χ0v) is 18.1. The van der Waals surface area contributed by atoms with Crippen LogP contribution in [-0.2, 0) is 16.0 Å². The number of aliphatic hydroxyl groups excluding tert-OH is 2. The van der Waals surface area contributed by atoms with Gasteiger partial charge in [-0.15, -0.1) is 0 Å². The van der Waals surface area contributed by atoms with Crippen LogP contribution < -0.4 is 5.32 Å². The van der Waals surface area contributed by atoms with Crippen LogP contribution in [0, 0.1) is 6.92 Å². The molecule has 4 N–H and O–H groups in total. The third kappa shape index (κ3) is 5.32. The minimum absolute atomic E-state index is 0.00920. The first kappa shape index (κ1) is 23.8.